The molecule has 7 heterocycles. The van der Waals surface area contributed by atoms with Crippen LogP contribution in [-0.2, 0) is 24.6 Å². The highest BCUT2D eigenvalue weighted by atomic mass is 19.4. The summed E-state index contributed by atoms with van der Waals surface area (Å²) in [6, 6.07) is 11.3. The zero-order valence-corrected chi connectivity index (χ0v) is 31.3. The summed E-state index contributed by atoms with van der Waals surface area (Å²) in [5.74, 6) is 0.247. The van der Waals surface area contributed by atoms with Crippen molar-refractivity contribution in [3.05, 3.63) is 71.2 Å². The molecular formula is C41H42F4N8O3. The van der Waals surface area contributed by atoms with Gasteiger partial charge in [-0.2, -0.15) is 33.3 Å². The van der Waals surface area contributed by atoms with Crippen molar-refractivity contribution in [2.75, 3.05) is 26.3 Å². The Morgan fingerprint density at radius 1 is 1.02 bits per heavy atom. The molecule has 10 rings (SSSR count). The second-order valence-electron chi connectivity index (χ2n) is 15.8. The van der Waals surface area contributed by atoms with Gasteiger partial charge in [-0.1, -0.05) is 30.3 Å². The Morgan fingerprint density at radius 3 is 2.61 bits per heavy atom. The molecule has 0 N–H and O–H groups in total. The summed E-state index contributed by atoms with van der Waals surface area (Å²) in [6.45, 7) is 3.92. The van der Waals surface area contributed by atoms with E-state index in [2.05, 4.69) is 10.00 Å². The van der Waals surface area contributed by atoms with Crippen LogP contribution in [0.3, 0.4) is 0 Å². The van der Waals surface area contributed by atoms with Crippen LogP contribution in [0.1, 0.15) is 80.3 Å². The lowest BCUT2D eigenvalue weighted by molar-refractivity contribution is -0.137. The number of alkyl halides is 3. The van der Waals surface area contributed by atoms with Crippen molar-refractivity contribution < 1.29 is 31.8 Å². The summed E-state index contributed by atoms with van der Waals surface area (Å²) in [4.78, 5) is 12.0. The van der Waals surface area contributed by atoms with Crippen LogP contribution < -0.4 is 9.47 Å². The van der Waals surface area contributed by atoms with Crippen LogP contribution >= 0.6 is 0 Å². The molecule has 56 heavy (non-hydrogen) atoms. The average Bonchev–Trinajstić information content (AvgIpc) is 3.45. The zero-order chi connectivity index (χ0) is 38.3. The highest BCUT2D eigenvalue weighted by Crippen LogP contribution is 2.50. The van der Waals surface area contributed by atoms with Crippen molar-refractivity contribution in [1.82, 2.24) is 39.0 Å². The van der Waals surface area contributed by atoms with Gasteiger partial charge in [0.2, 0.25) is 5.88 Å². The second-order valence-corrected chi connectivity index (χ2v) is 15.8. The minimum absolute atomic E-state index is 0.0182. The summed E-state index contributed by atoms with van der Waals surface area (Å²) < 4.78 is 84.0. The molecule has 1 saturated carbocycles. The molecule has 0 bridgehead atoms. The van der Waals surface area contributed by atoms with E-state index in [4.69, 9.17) is 29.3 Å². The van der Waals surface area contributed by atoms with Gasteiger partial charge in [0.15, 0.2) is 11.9 Å². The van der Waals surface area contributed by atoms with Gasteiger partial charge in [0.1, 0.15) is 29.8 Å². The van der Waals surface area contributed by atoms with E-state index in [1.165, 1.54) is 13.1 Å². The first-order chi connectivity index (χ1) is 27.1. The molecule has 6 aromatic rings. The number of aromatic nitrogens is 7. The first kappa shape index (κ1) is 35.4. The summed E-state index contributed by atoms with van der Waals surface area (Å²) in [5.41, 5.74) is 2.86. The lowest BCUT2D eigenvalue weighted by atomic mass is 9.94. The molecule has 1 unspecified atom stereocenters. The van der Waals surface area contributed by atoms with Crippen LogP contribution in [0.5, 0.6) is 11.9 Å². The number of benzene rings is 2. The fourth-order valence-corrected chi connectivity index (χ4v) is 9.31. The van der Waals surface area contributed by atoms with Gasteiger partial charge < -0.3 is 18.8 Å². The maximum absolute atomic E-state index is 15.3. The van der Waals surface area contributed by atoms with Gasteiger partial charge in [-0.25, -0.2) is 9.07 Å². The largest absolute Gasteiger partial charge is 0.472 e. The molecule has 4 aliphatic rings. The van der Waals surface area contributed by atoms with Crippen molar-refractivity contribution in [3.63, 3.8) is 0 Å². The van der Waals surface area contributed by atoms with Gasteiger partial charge in [0.05, 0.1) is 40.7 Å². The van der Waals surface area contributed by atoms with Crippen LogP contribution in [0.2, 0.25) is 0 Å². The van der Waals surface area contributed by atoms with Crippen molar-refractivity contribution in [2.45, 2.75) is 88.9 Å². The number of nitrogens with zero attached hydrogens (tertiary/aromatic N) is 8. The van der Waals surface area contributed by atoms with E-state index in [0.29, 0.717) is 58.9 Å². The number of aryl methyl sites for hydroxylation is 2. The maximum atomic E-state index is 15.3. The molecular weight excluding hydrogens is 728 g/mol. The predicted octanol–water partition coefficient (Wildman–Crippen LogP) is 8.75. The van der Waals surface area contributed by atoms with E-state index in [9.17, 15) is 4.39 Å². The van der Waals surface area contributed by atoms with Gasteiger partial charge in [-0.3, -0.25) is 9.58 Å². The Labute approximate surface area is 319 Å². The number of rotatable bonds is 9. The van der Waals surface area contributed by atoms with E-state index in [-0.39, 0.29) is 59.7 Å². The van der Waals surface area contributed by atoms with E-state index in [1.807, 2.05) is 35.0 Å². The van der Waals surface area contributed by atoms with E-state index < -0.39 is 11.7 Å². The first-order valence-electron chi connectivity index (χ1n) is 19.4. The van der Waals surface area contributed by atoms with Crippen LogP contribution in [0, 0.1) is 6.92 Å². The third-order valence-corrected chi connectivity index (χ3v) is 12.1. The Hall–Kier alpha value is -5.02. The minimum Gasteiger partial charge on any atom is -0.472 e. The molecule has 15 heteroatoms. The normalized spacial score (nSPS) is 22.6. The van der Waals surface area contributed by atoms with Gasteiger partial charge in [-0.15, -0.1) is 0 Å². The topological polar surface area (TPSA) is 97.3 Å². The Morgan fingerprint density at radius 2 is 1.86 bits per heavy atom. The number of hydrogen-bond donors (Lipinski definition) is 0. The number of fused-ring (bicyclic) bond motifs is 5. The van der Waals surface area contributed by atoms with Crippen molar-refractivity contribution >= 4 is 33.0 Å². The average molecular weight is 771 g/mol. The van der Waals surface area contributed by atoms with Crippen LogP contribution in [0.4, 0.5) is 17.6 Å². The number of ether oxygens (including phenoxy) is 3. The fourth-order valence-electron chi connectivity index (χ4n) is 9.31. The molecule has 292 valence electrons. The van der Waals surface area contributed by atoms with E-state index >= 15 is 13.2 Å². The quantitative estimate of drug-likeness (QED) is 0.135. The van der Waals surface area contributed by atoms with Gasteiger partial charge in [-0.05, 0) is 87.6 Å². The lowest BCUT2D eigenvalue weighted by Crippen LogP contribution is -2.43. The molecule has 2 atom stereocenters. The Balaban J connectivity index is 1.18. The molecule has 3 aliphatic heterocycles. The van der Waals surface area contributed by atoms with Crippen LogP contribution in [0.15, 0.2) is 54.5 Å². The summed E-state index contributed by atoms with van der Waals surface area (Å²) in [5, 5.41) is 10.6. The molecule has 4 aromatic heterocycles. The third-order valence-electron chi connectivity index (χ3n) is 12.1. The smallest absolute Gasteiger partial charge is 0.417 e. The predicted molar refractivity (Wildman–Crippen MR) is 201 cm³/mol. The van der Waals surface area contributed by atoms with Crippen LogP contribution in [-0.4, -0.2) is 70.8 Å². The molecule has 1 aliphatic carbocycles. The molecule has 2 aromatic carbocycles. The summed E-state index contributed by atoms with van der Waals surface area (Å²) in [7, 11) is 1.79. The second kappa shape index (κ2) is 13.3. The molecule has 0 radical (unpaired) electrons. The van der Waals surface area contributed by atoms with E-state index in [1.54, 1.807) is 22.4 Å². The summed E-state index contributed by atoms with van der Waals surface area (Å²) in [6.07, 6.45) is 3.81. The fraction of sp³-hybridized carbons (Fsp3) is 0.463. The van der Waals surface area contributed by atoms with Crippen molar-refractivity contribution in [3.8, 4) is 23.1 Å². The number of hydrogen-bond acceptors (Lipinski definition) is 8. The highest BCUT2D eigenvalue weighted by Gasteiger charge is 2.47. The highest BCUT2D eigenvalue weighted by molar-refractivity contribution is 6.14. The zero-order valence-electron chi connectivity index (χ0n) is 31.3. The van der Waals surface area contributed by atoms with Gasteiger partial charge in [0.25, 0.3) is 0 Å². The first-order valence-corrected chi connectivity index (χ1v) is 19.4. The maximum Gasteiger partial charge on any atom is 0.417 e. The molecule has 3 saturated heterocycles. The molecule has 0 amide bonds. The number of halogens is 4. The Bertz CT molecular complexity index is 2510. The van der Waals surface area contributed by atoms with Gasteiger partial charge in [0, 0.05) is 31.1 Å². The Kier molecular flexibility index (Phi) is 8.40. The van der Waals surface area contributed by atoms with Crippen molar-refractivity contribution in [1.29, 1.82) is 0 Å². The standard InChI is InChI=1S/C41H42F4N8O3/c1-24-17-29-28(20-46-53(29)30-11-6-7-16-54-30)31(33(24)41(43,44)45)34-36-35(52(49-34)27-12-13-27)32-37(50(36)2)47-39(48-38(32)55-22-25-9-4-3-5-10-25)56-23-40-14-8-15-51(40)21-26(18-40)19-42/h3-5,9-10,17,19-20,27,30H,6-8,11-16,18,21-23H2,1-2H3/b26-19-/t30?,40-/m0/s1. The van der Waals surface area contributed by atoms with Crippen molar-refractivity contribution in [2.24, 2.45) is 7.05 Å². The van der Waals surface area contributed by atoms with Gasteiger partial charge >= 0.3 is 12.2 Å². The monoisotopic (exact) mass is 770 g/mol. The minimum atomic E-state index is -4.69. The third kappa shape index (κ3) is 5.75. The molecule has 4 fully saturated rings. The van der Waals surface area contributed by atoms with E-state index in [0.717, 1.165) is 62.6 Å². The SMILES string of the molecule is Cc1cc2c(cnn2C2CCCCO2)c(-c2nn(C3CC3)c3c4c(OCc5ccccc5)nc(OC[C@@]56CCCN5C/C(=C\F)C6)nc4n(C)c23)c1C(F)(F)F. The summed E-state index contributed by atoms with van der Waals surface area (Å²) >= 11 is 0. The molecule has 0 spiro atoms. The molecule has 11 nitrogen and oxygen atoms in total. The van der Waals surface area contributed by atoms with Crippen LogP contribution in [0.25, 0.3) is 44.2 Å². The lowest BCUT2D eigenvalue weighted by Gasteiger charge is -2.30.